The highest BCUT2D eigenvalue weighted by Crippen LogP contribution is 2.27. The summed E-state index contributed by atoms with van der Waals surface area (Å²) in [6.45, 7) is 10.3. The molecule has 0 spiro atoms. The van der Waals surface area contributed by atoms with E-state index in [0.29, 0.717) is 18.1 Å². The van der Waals surface area contributed by atoms with Crippen LogP contribution in [0.2, 0.25) is 0 Å². The lowest BCUT2D eigenvalue weighted by atomic mass is 9.84. The van der Waals surface area contributed by atoms with E-state index >= 15 is 0 Å². The number of fused-ring (bicyclic) bond motifs is 1. The van der Waals surface area contributed by atoms with Gasteiger partial charge in [0.2, 0.25) is 5.95 Å². The molecule has 0 unspecified atom stereocenters. The second kappa shape index (κ2) is 9.71. The number of hydrogen-bond donors (Lipinski definition) is 2. The minimum Gasteiger partial charge on any atom is -0.497 e. The van der Waals surface area contributed by atoms with Crippen LogP contribution in [-0.4, -0.2) is 39.7 Å². The molecule has 7 nitrogen and oxygen atoms in total. The second-order valence-electron chi connectivity index (χ2n) is 9.67. The fraction of sp³-hybridized carbons (Fsp3) is 0.370. The first-order chi connectivity index (χ1) is 16.2. The number of anilines is 2. The Kier molecular flexibility index (Phi) is 6.72. The predicted octanol–water partition coefficient (Wildman–Crippen LogP) is 5.09. The number of nitrogens with one attached hydrogen (secondary N) is 2. The molecule has 2 aromatic carbocycles. The summed E-state index contributed by atoms with van der Waals surface area (Å²) in [5.74, 6) is 1.44. The number of nitrogens with zero attached hydrogens (tertiary/aromatic N) is 4. The standard InChI is InChI=1S/C27H34N6O/c1-18-7-8-20(27(2,3)4)15-19(18)16-23-24-25(30-17-33(24)5)32-26(31-23)29-14-13-28-21-9-11-22(34-6)12-10-21/h7-12,15,17,28H,13-14,16H2,1-6H3,(H,29,31,32). The maximum absolute atomic E-state index is 5.21. The number of benzene rings is 2. The smallest absolute Gasteiger partial charge is 0.225 e. The number of ether oxygens (including phenoxy) is 1. The molecule has 4 aromatic rings. The van der Waals surface area contributed by atoms with E-state index in [-0.39, 0.29) is 5.41 Å². The van der Waals surface area contributed by atoms with Crippen LogP contribution in [0.3, 0.4) is 0 Å². The molecular formula is C27H34N6O. The monoisotopic (exact) mass is 458 g/mol. The highest BCUT2D eigenvalue weighted by molar-refractivity contribution is 5.75. The van der Waals surface area contributed by atoms with Crippen molar-refractivity contribution in [1.82, 2.24) is 19.5 Å². The van der Waals surface area contributed by atoms with E-state index in [0.717, 1.165) is 35.6 Å². The van der Waals surface area contributed by atoms with E-state index in [1.54, 1.807) is 13.4 Å². The Balaban J connectivity index is 1.52. The zero-order chi connectivity index (χ0) is 24.3. The first kappa shape index (κ1) is 23.5. The molecule has 2 N–H and O–H groups in total. The quantitative estimate of drug-likeness (QED) is 0.358. The van der Waals surface area contributed by atoms with Crippen molar-refractivity contribution in [1.29, 1.82) is 0 Å². The Hall–Kier alpha value is -3.61. The Labute approximate surface area is 201 Å². The minimum atomic E-state index is 0.0968. The highest BCUT2D eigenvalue weighted by atomic mass is 16.5. The zero-order valence-corrected chi connectivity index (χ0v) is 20.9. The molecule has 0 aliphatic rings. The SMILES string of the molecule is COc1ccc(NCCNc2nc(Cc3cc(C(C)(C)C)ccc3C)c3c(ncn3C)n2)cc1. The first-order valence-electron chi connectivity index (χ1n) is 11.6. The molecule has 0 atom stereocenters. The first-order valence-corrected chi connectivity index (χ1v) is 11.6. The van der Waals surface area contributed by atoms with Crippen LogP contribution in [0.25, 0.3) is 11.2 Å². The summed E-state index contributed by atoms with van der Waals surface area (Å²) in [6.07, 6.45) is 2.53. The van der Waals surface area contributed by atoms with Crippen molar-refractivity contribution in [2.75, 3.05) is 30.8 Å². The predicted molar refractivity (Wildman–Crippen MR) is 139 cm³/mol. The third-order valence-electron chi connectivity index (χ3n) is 6.04. The van der Waals surface area contributed by atoms with E-state index in [4.69, 9.17) is 9.72 Å². The van der Waals surface area contributed by atoms with Gasteiger partial charge in [-0.1, -0.05) is 39.0 Å². The van der Waals surface area contributed by atoms with Crippen molar-refractivity contribution in [3.63, 3.8) is 0 Å². The van der Waals surface area contributed by atoms with Gasteiger partial charge in [-0.15, -0.1) is 0 Å². The molecule has 0 radical (unpaired) electrons. The lowest BCUT2D eigenvalue weighted by Crippen LogP contribution is -2.16. The normalized spacial score (nSPS) is 11.6. The highest BCUT2D eigenvalue weighted by Gasteiger charge is 2.17. The summed E-state index contributed by atoms with van der Waals surface area (Å²) in [5, 5.41) is 6.75. The molecule has 0 bridgehead atoms. The lowest BCUT2D eigenvalue weighted by molar-refractivity contribution is 0.415. The van der Waals surface area contributed by atoms with Crippen LogP contribution in [0.1, 0.15) is 43.2 Å². The fourth-order valence-electron chi connectivity index (χ4n) is 3.94. The third-order valence-corrected chi connectivity index (χ3v) is 6.04. The van der Waals surface area contributed by atoms with E-state index < -0.39 is 0 Å². The topological polar surface area (TPSA) is 76.9 Å². The number of rotatable bonds is 8. The summed E-state index contributed by atoms with van der Waals surface area (Å²) < 4.78 is 7.21. The Morgan fingerprint density at radius 3 is 2.41 bits per heavy atom. The summed E-state index contributed by atoms with van der Waals surface area (Å²) >= 11 is 0. The molecule has 2 heterocycles. The van der Waals surface area contributed by atoms with Crippen molar-refractivity contribution in [2.24, 2.45) is 7.05 Å². The van der Waals surface area contributed by atoms with Crippen LogP contribution in [0.5, 0.6) is 5.75 Å². The van der Waals surface area contributed by atoms with Gasteiger partial charge in [0.1, 0.15) is 11.3 Å². The Morgan fingerprint density at radius 2 is 1.71 bits per heavy atom. The molecule has 178 valence electrons. The van der Waals surface area contributed by atoms with E-state index in [1.165, 1.54) is 16.7 Å². The van der Waals surface area contributed by atoms with Gasteiger partial charge in [-0.3, -0.25) is 0 Å². The Bertz CT molecular complexity index is 1270. The van der Waals surface area contributed by atoms with Crippen LogP contribution < -0.4 is 15.4 Å². The van der Waals surface area contributed by atoms with Crippen LogP contribution in [0, 0.1) is 6.92 Å². The molecule has 0 amide bonds. The van der Waals surface area contributed by atoms with Crippen molar-refractivity contribution >= 4 is 22.8 Å². The van der Waals surface area contributed by atoms with Crippen molar-refractivity contribution in [3.05, 3.63) is 71.2 Å². The second-order valence-corrected chi connectivity index (χ2v) is 9.67. The number of aryl methyl sites for hydroxylation is 2. The summed E-state index contributed by atoms with van der Waals surface area (Å²) in [6, 6.07) is 14.6. The van der Waals surface area contributed by atoms with Gasteiger partial charge in [-0.25, -0.2) is 9.97 Å². The molecular weight excluding hydrogens is 424 g/mol. The van der Waals surface area contributed by atoms with Gasteiger partial charge in [0.15, 0.2) is 5.65 Å². The number of imidazole rings is 1. The van der Waals surface area contributed by atoms with Gasteiger partial charge in [0.05, 0.1) is 19.1 Å². The van der Waals surface area contributed by atoms with Crippen LogP contribution >= 0.6 is 0 Å². The number of hydrogen-bond acceptors (Lipinski definition) is 6. The van der Waals surface area contributed by atoms with Crippen LogP contribution in [0.15, 0.2) is 48.8 Å². The summed E-state index contributed by atoms with van der Waals surface area (Å²) in [5.41, 5.74) is 7.67. The molecule has 7 heteroatoms. The number of methoxy groups -OCH3 is 1. The maximum Gasteiger partial charge on any atom is 0.225 e. The van der Waals surface area contributed by atoms with Gasteiger partial charge < -0.3 is 19.9 Å². The van der Waals surface area contributed by atoms with E-state index in [2.05, 4.69) is 66.5 Å². The Morgan fingerprint density at radius 1 is 0.971 bits per heavy atom. The molecule has 0 aliphatic heterocycles. The molecule has 0 aliphatic carbocycles. The van der Waals surface area contributed by atoms with Gasteiger partial charge in [0, 0.05) is 32.2 Å². The number of aromatic nitrogens is 4. The maximum atomic E-state index is 5.21. The fourth-order valence-corrected chi connectivity index (χ4v) is 3.94. The molecule has 4 rings (SSSR count). The minimum absolute atomic E-state index is 0.0968. The van der Waals surface area contributed by atoms with Gasteiger partial charge in [0.25, 0.3) is 0 Å². The summed E-state index contributed by atoms with van der Waals surface area (Å²) in [4.78, 5) is 14.0. The average Bonchev–Trinajstić information content (AvgIpc) is 3.18. The third kappa shape index (κ3) is 5.30. The van der Waals surface area contributed by atoms with Crippen LogP contribution in [-0.2, 0) is 18.9 Å². The van der Waals surface area contributed by atoms with Gasteiger partial charge in [-0.05, 0) is 53.3 Å². The van der Waals surface area contributed by atoms with Crippen LogP contribution in [0.4, 0.5) is 11.6 Å². The zero-order valence-electron chi connectivity index (χ0n) is 20.9. The van der Waals surface area contributed by atoms with Crippen molar-refractivity contribution < 1.29 is 4.74 Å². The molecule has 2 aromatic heterocycles. The largest absolute Gasteiger partial charge is 0.497 e. The molecule has 0 fully saturated rings. The molecule has 0 saturated heterocycles. The van der Waals surface area contributed by atoms with E-state index in [9.17, 15) is 0 Å². The molecule has 0 saturated carbocycles. The summed E-state index contributed by atoms with van der Waals surface area (Å²) in [7, 11) is 3.66. The van der Waals surface area contributed by atoms with Gasteiger partial charge in [-0.2, -0.15) is 4.98 Å². The van der Waals surface area contributed by atoms with Crippen molar-refractivity contribution in [2.45, 2.75) is 39.5 Å². The average molecular weight is 459 g/mol. The molecule has 34 heavy (non-hydrogen) atoms. The van der Waals surface area contributed by atoms with Gasteiger partial charge >= 0.3 is 0 Å². The van der Waals surface area contributed by atoms with Crippen molar-refractivity contribution in [3.8, 4) is 5.75 Å². The lowest BCUT2D eigenvalue weighted by Gasteiger charge is -2.21. The van der Waals surface area contributed by atoms with E-state index in [1.807, 2.05) is 35.9 Å².